The van der Waals surface area contributed by atoms with Crippen LogP contribution in [0.15, 0.2) is 35.9 Å². The molecule has 6 nitrogen and oxygen atoms in total. The molecule has 0 amide bonds. The van der Waals surface area contributed by atoms with Crippen molar-refractivity contribution in [2.24, 2.45) is 56.7 Å². The normalized spacial score (nSPS) is 42.9. The number of phenols is 1. The monoisotopic (exact) mass is 632 g/mol. The zero-order valence-electron chi connectivity index (χ0n) is 29.3. The third-order valence-corrected chi connectivity index (χ3v) is 15.2. The fraction of sp³-hybridized carbons (Fsp3) is 0.700. The molecule has 6 rings (SSSR count). The summed E-state index contributed by atoms with van der Waals surface area (Å²) in [5, 5.41) is 20.6. The second kappa shape index (κ2) is 11.2. The summed E-state index contributed by atoms with van der Waals surface area (Å²) in [6.45, 7) is 16.9. The molecule has 252 valence electrons. The van der Waals surface area contributed by atoms with Crippen LogP contribution in [-0.2, 0) is 14.3 Å². The smallest absolute Gasteiger partial charge is 0.331 e. The van der Waals surface area contributed by atoms with E-state index in [1.165, 1.54) is 18.8 Å². The number of rotatable bonds is 5. The largest absolute Gasteiger partial charge is 0.504 e. The van der Waals surface area contributed by atoms with Crippen molar-refractivity contribution < 1.29 is 29.3 Å². The number of carboxylic acid groups (broad SMARTS) is 1. The Morgan fingerprint density at radius 1 is 0.935 bits per heavy atom. The number of hydrogen-bond donors (Lipinski definition) is 2. The van der Waals surface area contributed by atoms with Gasteiger partial charge < -0.3 is 19.7 Å². The molecule has 2 N–H and O–H groups in total. The number of fused-ring (bicyclic) bond motifs is 7. The van der Waals surface area contributed by atoms with Crippen molar-refractivity contribution in [3.05, 3.63) is 41.5 Å². The first-order valence-corrected chi connectivity index (χ1v) is 17.7. The molecule has 10 unspecified atom stereocenters. The summed E-state index contributed by atoms with van der Waals surface area (Å²) in [5.74, 6) is 1.47. The molecule has 4 fully saturated rings. The van der Waals surface area contributed by atoms with Crippen LogP contribution in [0.3, 0.4) is 0 Å². The first kappa shape index (κ1) is 33.2. The van der Waals surface area contributed by atoms with Gasteiger partial charge in [0.25, 0.3) is 0 Å². The van der Waals surface area contributed by atoms with Crippen LogP contribution in [0.25, 0.3) is 6.08 Å². The Balaban J connectivity index is 1.25. The SMILES string of the molecule is COc1cc(C=CC(=O)OC2CCC3(C)C(CCC4(C)C3CC=C3C5C(C)C(C)CCC5(C(=O)O)CCC34C)C2(C)C)ccc1O. The number of methoxy groups -OCH3 is 1. The maximum Gasteiger partial charge on any atom is 0.331 e. The molecule has 5 aliphatic rings. The number of ether oxygens (including phenoxy) is 2. The number of hydrogen-bond acceptors (Lipinski definition) is 5. The molecule has 0 heterocycles. The number of aromatic hydroxyl groups is 1. The van der Waals surface area contributed by atoms with Gasteiger partial charge in [0.05, 0.1) is 12.5 Å². The van der Waals surface area contributed by atoms with Crippen molar-refractivity contribution in [2.75, 3.05) is 7.11 Å². The zero-order valence-corrected chi connectivity index (χ0v) is 29.3. The molecule has 0 saturated heterocycles. The van der Waals surface area contributed by atoms with Gasteiger partial charge in [0.15, 0.2) is 11.5 Å². The average Bonchev–Trinajstić information content (AvgIpc) is 3.00. The molecule has 10 atom stereocenters. The summed E-state index contributed by atoms with van der Waals surface area (Å²) in [4.78, 5) is 26.1. The molecule has 4 saturated carbocycles. The van der Waals surface area contributed by atoms with Gasteiger partial charge in [0, 0.05) is 11.5 Å². The van der Waals surface area contributed by atoms with E-state index in [9.17, 15) is 19.8 Å². The molecule has 1 aromatic carbocycles. The molecule has 0 aliphatic heterocycles. The lowest BCUT2D eigenvalue weighted by Crippen LogP contribution is -2.65. The second-order valence-corrected chi connectivity index (χ2v) is 17.2. The summed E-state index contributed by atoms with van der Waals surface area (Å²) in [6, 6.07) is 4.99. The summed E-state index contributed by atoms with van der Waals surface area (Å²) < 4.78 is 11.4. The van der Waals surface area contributed by atoms with Crippen molar-refractivity contribution >= 4 is 18.0 Å². The van der Waals surface area contributed by atoms with Gasteiger partial charge in [-0.05, 0) is 127 Å². The number of allylic oxidation sites excluding steroid dienone is 2. The molecule has 1 aromatic rings. The number of esters is 1. The standard InChI is InChI=1S/C40H56O6/c1-24-15-20-40(35(43)44)22-21-38(6)27(34(40)25(24)2)11-13-31-37(5)18-17-32(36(3,4)30(37)16-19-39(31,38)7)46-33(42)14-10-26-9-12-28(41)29(23-26)45-8/h9-12,14,23-25,30-32,34,41H,13,15-22H2,1-8H3,(H,43,44). The van der Waals surface area contributed by atoms with E-state index < -0.39 is 11.4 Å². The predicted octanol–water partition coefficient (Wildman–Crippen LogP) is 9.07. The van der Waals surface area contributed by atoms with Crippen LogP contribution < -0.4 is 4.74 Å². The van der Waals surface area contributed by atoms with Crippen molar-refractivity contribution in [2.45, 2.75) is 112 Å². The highest BCUT2D eigenvalue weighted by Gasteiger charge is 2.69. The number of phenolic OH excluding ortho intramolecular Hbond substituents is 1. The van der Waals surface area contributed by atoms with Crippen molar-refractivity contribution in [1.29, 1.82) is 0 Å². The number of aliphatic carboxylic acids is 1. The number of carbonyl (C=O) groups excluding carboxylic acids is 1. The lowest BCUT2D eigenvalue weighted by atomic mass is 9.33. The second-order valence-electron chi connectivity index (χ2n) is 17.2. The van der Waals surface area contributed by atoms with Gasteiger partial charge in [-0.15, -0.1) is 0 Å². The number of benzene rings is 1. The molecular weight excluding hydrogens is 576 g/mol. The van der Waals surface area contributed by atoms with Crippen LogP contribution in [0.4, 0.5) is 0 Å². The molecular formula is C40H56O6. The molecule has 0 radical (unpaired) electrons. The summed E-state index contributed by atoms with van der Waals surface area (Å²) >= 11 is 0. The highest BCUT2D eigenvalue weighted by molar-refractivity contribution is 5.87. The van der Waals surface area contributed by atoms with Gasteiger partial charge in [-0.25, -0.2) is 4.79 Å². The predicted molar refractivity (Wildman–Crippen MR) is 180 cm³/mol. The minimum absolute atomic E-state index is 0.00596. The summed E-state index contributed by atoms with van der Waals surface area (Å²) in [6.07, 6.45) is 14.2. The molecule has 0 bridgehead atoms. The van der Waals surface area contributed by atoms with Crippen LogP contribution >= 0.6 is 0 Å². The van der Waals surface area contributed by atoms with E-state index >= 15 is 0 Å². The Morgan fingerprint density at radius 3 is 2.37 bits per heavy atom. The van der Waals surface area contributed by atoms with Crippen molar-refractivity contribution in [1.82, 2.24) is 0 Å². The summed E-state index contributed by atoms with van der Waals surface area (Å²) in [5.41, 5.74) is 1.63. The van der Waals surface area contributed by atoms with Crippen molar-refractivity contribution in [3.63, 3.8) is 0 Å². The van der Waals surface area contributed by atoms with E-state index in [1.807, 2.05) is 0 Å². The van der Waals surface area contributed by atoms with E-state index in [1.54, 1.807) is 24.3 Å². The fourth-order valence-electron chi connectivity index (χ4n) is 12.2. The highest BCUT2D eigenvalue weighted by atomic mass is 16.5. The van der Waals surface area contributed by atoms with Gasteiger partial charge in [-0.2, -0.15) is 0 Å². The Labute approximate surface area is 276 Å². The van der Waals surface area contributed by atoms with E-state index in [2.05, 4.69) is 54.5 Å². The van der Waals surface area contributed by atoms with Gasteiger partial charge in [0.1, 0.15) is 6.10 Å². The zero-order chi connectivity index (χ0) is 33.4. The first-order chi connectivity index (χ1) is 21.5. The average molecular weight is 633 g/mol. The molecule has 0 spiro atoms. The maximum absolute atomic E-state index is 13.1. The lowest BCUT2D eigenvalue weighted by molar-refractivity contribution is -0.213. The van der Waals surface area contributed by atoms with E-state index in [4.69, 9.17) is 9.47 Å². The highest BCUT2D eigenvalue weighted by Crippen LogP contribution is 2.75. The fourth-order valence-corrected chi connectivity index (χ4v) is 12.2. The van der Waals surface area contributed by atoms with Gasteiger partial charge >= 0.3 is 11.9 Å². The first-order valence-electron chi connectivity index (χ1n) is 17.7. The maximum atomic E-state index is 13.1. The molecule has 46 heavy (non-hydrogen) atoms. The van der Waals surface area contributed by atoms with Crippen LogP contribution in [0.1, 0.15) is 112 Å². The van der Waals surface area contributed by atoms with E-state index in [-0.39, 0.29) is 45.4 Å². The Morgan fingerprint density at radius 2 is 1.67 bits per heavy atom. The Bertz CT molecular complexity index is 1460. The summed E-state index contributed by atoms with van der Waals surface area (Å²) in [7, 11) is 1.50. The topological polar surface area (TPSA) is 93.1 Å². The minimum atomic E-state index is -0.617. The van der Waals surface area contributed by atoms with E-state index in [0.717, 1.165) is 63.4 Å². The van der Waals surface area contributed by atoms with Gasteiger partial charge in [0.2, 0.25) is 0 Å². The van der Waals surface area contributed by atoms with Crippen LogP contribution in [0.2, 0.25) is 0 Å². The van der Waals surface area contributed by atoms with Crippen molar-refractivity contribution in [3.8, 4) is 11.5 Å². The Kier molecular flexibility index (Phi) is 8.04. The van der Waals surface area contributed by atoms with Crippen LogP contribution in [-0.4, -0.2) is 35.4 Å². The van der Waals surface area contributed by atoms with Crippen LogP contribution in [0, 0.1) is 56.7 Å². The van der Waals surface area contributed by atoms with Gasteiger partial charge in [-0.1, -0.05) is 66.2 Å². The third-order valence-electron chi connectivity index (χ3n) is 15.2. The molecule has 6 heteroatoms. The van der Waals surface area contributed by atoms with E-state index in [0.29, 0.717) is 29.4 Å². The number of carboxylic acids is 1. The quantitative estimate of drug-likeness (QED) is 0.191. The van der Waals surface area contributed by atoms with Crippen LogP contribution in [0.5, 0.6) is 11.5 Å². The van der Waals surface area contributed by atoms with Gasteiger partial charge in [-0.3, -0.25) is 4.79 Å². The molecule has 5 aliphatic carbocycles. The Hall–Kier alpha value is -2.76. The lowest BCUT2D eigenvalue weighted by Gasteiger charge is -2.71. The number of carbonyl (C=O) groups is 2. The molecule has 0 aromatic heterocycles. The third kappa shape index (κ3) is 4.62. The minimum Gasteiger partial charge on any atom is -0.504 e.